The highest BCUT2D eigenvalue weighted by Gasteiger charge is 2.51. The predicted molar refractivity (Wildman–Crippen MR) is 95.1 cm³/mol. The summed E-state index contributed by atoms with van der Waals surface area (Å²) in [6.07, 6.45) is 6.66. The maximum absolute atomic E-state index is 13.3. The van der Waals surface area contributed by atoms with E-state index in [-0.39, 0.29) is 17.4 Å². The minimum absolute atomic E-state index is 0.0421. The van der Waals surface area contributed by atoms with E-state index in [1.165, 1.54) is 17.7 Å². The minimum Gasteiger partial charge on any atom is -0.348 e. The van der Waals surface area contributed by atoms with Gasteiger partial charge in [0.25, 0.3) is 0 Å². The highest BCUT2D eigenvalue weighted by Crippen LogP contribution is 2.49. The summed E-state index contributed by atoms with van der Waals surface area (Å²) in [6.45, 7) is 6.96. The highest BCUT2D eigenvalue weighted by molar-refractivity contribution is 5.80. The SMILES string of the molecule is Cc1nn(C)c(C)c1CC(C)C(=O)N1CCc2[nH]cnc2C12CCC2. The number of hydrogen-bond donors (Lipinski definition) is 1. The van der Waals surface area contributed by atoms with E-state index >= 15 is 0 Å². The molecule has 1 saturated carbocycles. The topological polar surface area (TPSA) is 66.8 Å². The number of rotatable bonds is 3. The lowest BCUT2D eigenvalue weighted by molar-refractivity contribution is -0.148. The smallest absolute Gasteiger partial charge is 0.226 e. The van der Waals surface area contributed by atoms with Gasteiger partial charge in [-0.15, -0.1) is 0 Å². The van der Waals surface area contributed by atoms with Crippen molar-refractivity contribution in [1.82, 2.24) is 24.6 Å². The highest BCUT2D eigenvalue weighted by atomic mass is 16.2. The van der Waals surface area contributed by atoms with Crippen LogP contribution in [0.1, 0.15) is 54.5 Å². The number of amides is 1. The summed E-state index contributed by atoms with van der Waals surface area (Å²) in [7, 11) is 1.96. The van der Waals surface area contributed by atoms with Crippen molar-refractivity contribution in [3.05, 3.63) is 34.7 Å². The molecule has 3 heterocycles. The minimum atomic E-state index is -0.155. The molecular weight excluding hydrogens is 314 g/mol. The van der Waals surface area contributed by atoms with Gasteiger partial charge in [0, 0.05) is 37.3 Å². The first-order chi connectivity index (χ1) is 11.9. The van der Waals surface area contributed by atoms with Gasteiger partial charge in [-0.1, -0.05) is 6.92 Å². The maximum atomic E-state index is 13.3. The lowest BCUT2D eigenvalue weighted by atomic mass is 9.70. The van der Waals surface area contributed by atoms with E-state index in [9.17, 15) is 4.79 Å². The number of nitrogens with one attached hydrogen (secondary N) is 1. The molecule has 1 amide bonds. The van der Waals surface area contributed by atoms with Crippen LogP contribution in [0.15, 0.2) is 6.33 Å². The van der Waals surface area contributed by atoms with Gasteiger partial charge in [0.1, 0.15) is 0 Å². The molecule has 1 spiro atoms. The first-order valence-electron chi connectivity index (χ1n) is 9.27. The summed E-state index contributed by atoms with van der Waals surface area (Å²) in [5.74, 6) is 0.218. The summed E-state index contributed by atoms with van der Waals surface area (Å²) in [5.41, 5.74) is 5.57. The van der Waals surface area contributed by atoms with Crippen LogP contribution >= 0.6 is 0 Å². The number of H-pyrrole nitrogens is 1. The maximum Gasteiger partial charge on any atom is 0.226 e. The second kappa shape index (κ2) is 5.71. The molecule has 134 valence electrons. The van der Waals surface area contributed by atoms with E-state index in [1.807, 2.05) is 18.7 Å². The number of aromatic nitrogens is 4. The largest absolute Gasteiger partial charge is 0.348 e. The molecule has 1 aliphatic heterocycles. The summed E-state index contributed by atoms with van der Waals surface area (Å²) < 4.78 is 1.91. The third-order valence-electron chi connectivity index (χ3n) is 6.30. The molecule has 4 rings (SSSR count). The van der Waals surface area contributed by atoms with Gasteiger partial charge >= 0.3 is 0 Å². The molecule has 1 aliphatic carbocycles. The zero-order valence-electron chi connectivity index (χ0n) is 15.6. The van der Waals surface area contributed by atoms with Crippen LogP contribution in [0.3, 0.4) is 0 Å². The molecule has 2 aromatic heterocycles. The Morgan fingerprint density at radius 3 is 2.76 bits per heavy atom. The van der Waals surface area contributed by atoms with Crippen LogP contribution in [0.25, 0.3) is 0 Å². The molecule has 25 heavy (non-hydrogen) atoms. The molecule has 1 atom stereocenters. The molecular formula is C19H27N5O. The van der Waals surface area contributed by atoms with E-state index in [2.05, 4.69) is 33.8 Å². The van der Waals surface area contributed by atoms with E-state index in [1.54, 1.807) is 6.33 Å². The third kappa shape index (κ3) is 2.34. The van der Waals surface area contributed by atoms with Gasteiger partial charge in [-0.25, -0.2) is 4.98 Å². The first-order valence-corrected chi connectivity index (χ1v) is 9.27. The number of hydrogen-bond acceptors (Lipinski definition) is 3. The predicted octanol–water partition coefficient (Wildman–Crippen LogP) is 2.40. The first kappa shape index (κ1) is 16.4. The second-order valence-electron chi connectivity index (χ2n) is 7.73. The summed E-state index contributed by atoms with van der Waals surface area (Å²) in [6, 6.07) is 0. The summed E-state index contributed by atoms with van der Waals surface area (Å²) in [4.78, 5) is 23.3. The van der Waals surface area contributed by atoms with Crippen LogP contribution in [0.5, 0.6) is 0 Å². The van der Waals surface area contributed by atoms with E-state index < -0.39 is 0 Å². The average Bonchev–Trinajstić information content (AvgIpc) is 3.12. The number of carbonyl (C=O) groups excluding carboxylic acids is 1. The van der Waals surface area contributed by atoms with Crippen molar-refractivity contribution in [3.8, 4) is 0 Å². The van der Waals surface area contributed by atoms with Crippen molar-refractivity contribution in [1.29, 1.82) is 0 Å². The number of fused-ring (bicyclic) bond motifs is 2. The van der Waals surface area contributed by atoms with Crippen LogP contribution in [-0.4, -0.2) is 37.1 Å². The van der Waals surface area contributed by atoms with Crippen molar-refractivity contribution in [2.24, 2.45) is 13.0 Å². The Bertz CT molecular complexity index is 814. The number of nitrogens with zero attached hydrogens (tertiary/aromatic N) is 4. The Labute approximate surface area is 148 Å². The van der Waals surface area contributed by atoms with Gasteiger partial charge in [0.15, 0.2) is 0 Å². The molecule has 0 saturated heterocycles. The lowest BCUT2D eigenvalue weighted by Gasteiger charge is -2.52. The van der Waals surface area contributed by atoms with Crippen molar-refractivity contribution >= 4 is 5.91 Å². The zero-order valence-corrected chi connectivity index (χ0v) is 15.6. The Kier molecular flexibility index (Phi) is 3.74. The number of imidazole rings is 1. The number of carbonyl (C=O) groups is 1. The normalized spacial score (nSPS) is 19.6. The van der Waals surface area contributed by atoms with Crippen molar-refractivity contribution in [2.75, 3.05) is 6.54 Å². The zero-order chi connectivity index (χ0) is 17.8. The van der Waals surface area contributed by atoms with Crippen molar-refractivity contribution in [3.63, 3.8) is 0 Å². The molecule has 1 N–H and O–H groups in total. The Hall–Kier alpha value is -2.11. The average molecular weight is 341 g/mol. The Balaban J connectivity index is 1.58. The van der Waals surface area contributed by atoms with Crippen molar-refractivity contribution < 1.29 is 4.79 Å². The fourth-order valence-electron chi connectivity index (χ4n) is 4.59. The Morgan fingerprint density at radius 1 is 1.40 bits per heavy atom. The Morgan fingerprint density at radius 2 is 2.16 bits per heavy atom. The monoisotopic (exact) mass is 341 g/mol. The molecule has 6 heteroatoms. The van der Waals surface area contributed by atoms with E-state index in [0.717, 1.165) is 49.3 Å². The quantitative estimate of drug-likeness (QED) is 0.932. The fraction of sp³-hybridized carbons (Fsp3) is 0.632. The van der Waals surface area contributed by atoms with Gasteiger partial charge < -0.3 is 9.88 Å². The van der Waals surface area contributed by atoms with Gasteiger partial charge in [-0.3, -0.25) is 9.48 Å². The molecule has 0 radical (unpaired) electrons. The molecule has 2 aliphatic rings. The molecule has 6 nitrogen and oxygen atoms in total. The van der Waals surface area contributed by atoms with Crippen LogP contribution in [0.4, 0.5) is 0 Å². The molecule has 1 unspecified atom stereocenters. The van der Waals surface area contributed by atoms with Gasteiger partial charge in [-0.05, 0) is 45.1 Å². The molecule has 1 fully saturated rings. The molecule has 0 aromatic carbocycles. The number of aryl methyl sites for hydroxylation is 2. The van der Waals surface area contributed by atoms with Crippen molar-refractivity contribution in [2.45, 2.75) is 58.4 Å². The van der Waals surface area contributed by atoms with Gasteiger partial charge in [0.2, 0.25) is 5.91 Å². The van der Waals surface area contributed by atoms with Crippen LogP contribution in [0.2, 0.25) is 0 Å². The summed E-state index contributed by atoms with van der Waals surface area (Å²) in [5, 5.41) is 4.49. The van der Waals surface area contributed by atoms with E-state index in [4.69, 9.17) is 0 Å². The third-order valence-corrected chi connectivity index (χ3v) is 6.30. The van der Waals surface area contributed by atoms with Gasteiger partial charge in [0.05, 0.1) is 23.3 Å². The molecule has 0 bridgehead atoms. The van der Waals surface area contributed by atoms with Gasteiger partial charge in [-0.2, -0.15) is 5.10 Å². The summed E-state index contributed by atoms with van der Waals surface area (Å²) >= 11 is 0. The molecule has 2 aromatic rings. The lowest BCUT2D eigenvalue weighted by Crippen LogP contribution is -2.58. The van der Waals surface area contributed by atoms with E-state index in [0.29, 0.717) is 0 Å². The fourth-order valence-corrected chi connectivity index (χ4v) is 4.59. The standard InChI is InChI=1S/C19H27N5O/c1-12(10-15-13(2)22-23(4)14(15)3)18(25)24-9-6-16-17(21-11-20-16)19(24)7-5-8-19/h11-12H,5-10H2,1-4H3,(H,20,21). The van der Waals surface area contributed by atoms with Crippen LogP contribution in [-0.2, 0) is 30.2 Å². The second-order valence-corrected chi connectivity index (χ2v) is 7.73. The number of aromatic amines is 1. The van der Waals surface area contributed by atoms with Crippen LogP contribution in [0, 0.1) is 19.8 Å². The van der Waals surface area contributed by atoms with Crippen LogP contribution < -0.4 is 0 Å².